The van der Waals surface area contributed by atoms with Gasteiger partial charge < -0.3 is 16.0 Å². The number of rotatable bonds is 11. The minimum atomic E-state index is -0.105. The fourth-order valence-corrected chi connectivity index (χ4v) is 9.41. The third-order valence-corrected chi connectivity index (χ3v) is 12.9. The molecule has 0 radical (unpaired) electrons. The van der Waals surface area contributed by atoms with Crippen molar-refractivity contribution in [2.45, 2.75) is 57.2 Å². The quantitative estimate of drug-likeness (QED) is 0.115. The highest BCUT2D eigenvalue weighted by atomic mass is 15.1. The van der Waals surface area contributed by atoms with Crippen LogP contribution in [0.2, 0.25) is 0 Å². The van der Waals surface area contributed by atoms with Crippen molar-refractivity contribution in [3.8, 4) is 11.3 Å². The molecule has 0 bridgehead atoms. The van der Waals surface area contributed by atoms with Crippen LogP contribution >= 0.6 is 0 Å². The molecule has 5 aliphatic rings. The smallest absolute Gasteiger partial charge is 0.152 e. The molecule has 0 amide bonds. The molecular weight excluding hydrogens is 805 g/mol. The maximum atomic E-state index is 5.19. The van der Waals surface area contributed by atoms with Gasteiger partial charge in [-0.3, -0.25) is 4.99 Å². The highest BCUT2D eigenvalue weighted by molar-refractivity contribution is 6.00. The Morgan fingerprint density at radius 3 is 2.52 bits per heavy atom. The second-order valence-electron chi connectivity index (χ2n) is 17.3. The Morgan fingerprint density at radius 2 is 1.68 bits per heavy atom. The Bertz CT molecular complexity index is 3220. The molecule has 6 nitrogen and oxygen atoms in total. The molecule has 0 saturated carbocycles. The average molecular weight is 859 g/mol. The van der Waals surface area contributed by atoms with Gasteiger partial charge in [0, 0.05) is 21.9 Å². The van der Waals surface area contributed by atoms with Crippen LogP contribution in [0, 0.1) is 0 Å². The van der Waals surface area contributed by atoms with Crippen molar-refractivity contribution in [1.82, 2.24) is 15.3 Å². The lowest BCUT2D eigenvalue weighted by atomic mass is 9.90. The van der Waals surface area contributed by atoms with Crippen LogP contribution in [0.15, 0.2) is 205 Å². The molecule has 3 N–H and O–H groups in total. The summed E-state index contributed by atoms with van der Waals surface area (Å²) in [5.41, 5.74) is 16.5. The molecule has 5 aromatic rings. The van der Waals surface area contributed by atoms with Gasteiger partial charge >= 0.3 is 0 Å². The lowest BCUT2D eigenvalue weighted by Crippen LogP contribution is -2.36. The number of aliphatic imine (C=N–C) groups is 1. The summed E-state index contributed by atoms with van der Waals surface area (Å²) < 4.78 is 0. The molecule has 3 aromatic carbocycles. The Morgan fingerprint density at radius 1 is 0.803 bits per heavy atom. The fraction of sp³-hybridized carbons (Fsp3) is 0.150. The van der Waals surface area contributed by atoms with E-state index in [4.69, 9.17) is 15.0 Å². The maximum Gasteiger partial charge on any atom is 0.152 e. The molecular formula is C60H54N6. The van der Waals surface area contributed by atoms with Crippen LogP contribution in [0.3, 0.4) is 0 Å². The van der Waals surface area contributed by atoms with Gasteiger partial charge in [0.15, 0.2) is 5.84 Å². The predicted molar refractivity (Wildman–Crippen MR) is 279 cm³/mol. The normalized spacial score (nSPS) is 19.8. The number of benzene rings is 3. The van der Waals surface area contributed by atoms with Crippen molar-refractivity contribution in [3.63, 3.8) is 0 Å². The van der Waals surface area contributed by atoms with Crippen molar-refractivity contribution in [1.29, 1.82) is 0 Å². The van der Waals surface area contributed by atoms with Gasteiger partial charge in [0.05, 0.1) is 46.1 Å². The molecule has 0 fully saturated rings. The van der Waals surface area contributed by atoms with Crippen LogP contribution in [0.1, 0.15) is 66.6 Å². The lowest BCUT2D eigenvalue weighted by molar-refractivity contribution is 0.713. The molecule has 3 unspecified atom stereocenters. The zero-order valence-corrected chi connectivity index (χ0v) is 37.5. The first-order valence-electron chi connectivity index (χ1n) is 23.1. The molecule has 3 atom stereocenters. The van der Waals surface area contributed by atoms with Gasteiger partial charge in [-0.2, -0.15) is 0 Å². The van der Waals surface area contributed by atoms with E-state index in [0.717, 1.165) is 110 Å². The Balaban J connectivity index is 0.855. The van der Waals surface area contributed by atoms with Crippen molar-refractivity contribution in [3.05, 3.63) is 239 Å². The number of allylic oxidation sites excluding steroid dienone is 10. The van der Waals surface area contributed by atoms with Gasteiger partial charge in [-0.1, -0.05) is 159 Å². The summed E-state index contributed by atoms with van der Waals surface area (Å²) in [5.74, 6) is 0.762. The largest absolute Gasteiger partial charge is 0.376 e. The first-order chi connectivity index (χ1) is 32.4. The number of pyridine rings is 2. The number of aryl methyl sites for hydroxylation is 1. The number of aromatic nitrogens is 2. The highest BCUT2D eigenvalue weighted by Crippen LogP contribution is 2.42. The van der Waals surface area contributed by atoms with E-state index in [0.29, 0.717) is 0 Å². The van der Waals surface area contributed by atoms with Crippen molar-refractivity contribution in [2.24, 2.45) is 4.99 Å². The Labute approximate surface area is 388 Å². The number of nitrogens with zero attached hydrogens (tertiary/aromatic N) is 3. The zero-order valence-electron chi connectivity index (χ0n) is 37.5. The topological polar surface area (TPSA) is 74.2 Å². The average Bonchev–Trinajstić information content (AvgIpc) is 3.60. The maximum absolute atomic E-state index is 5.19. The SMILES string of the molecule is C=C/C=C\C(=C)C1CCc2ccc3c(c2N1)NC(c1ccc(-c2ccc4cc(C5=CCC=c6nc(C7=NC(C8=CCCC=C8)C=C(C(/C=C\C)=C/C=C)N7)ccc6=C5)ccc4n2)cc1)C=C3. The lowest BCUT2D eigenvalue weighted by Gasteiger charge is -2.33. The van der Waals surface area contributed by atoms with Crippen molar-refractivity contribution in [2.75, 3.05) is 10.6 Å². The van der Waals surface area contributed by atoms with E-state index in [1.165, 1.54) is 28.0 Å². The molecule has 66 heavy (non-hydrogen) atoms. The molecule has 0 saturated heterocycles. The van der Waals surface area contributed by atoms with Crippen molar-refractivity contribution >= 4 is 51.9 Å². The first-order valence-corrected chi connectivity index (χ1v) is 23.1. The summed E-state index contributed by atoms with van der Waals surface area (Å²) in [6, 6.07) is 28.5. The van der Waals surface area contributed by atoms with E-state index in [1.54, 1.807) is 6.08 Å². The number of nitrogens with one attached hydrogen (secondary N) is 3. The number of hydrogen-bond donors (Lipinski definition) is 3. The summed E-state index contributed by atoms with van der Waals surface area (Å²) >= 11 is 0. The van der Waals surface area contributed by atoms with Crippen LogP contribution in [0.5, 0.6) is 0 Å². The van der Waals surface area contributed by atoms with E-state index < -0.39 is 0 Å². The van der Waals surface area contributed by atoms with Gasteiger partial charge in [0.2, 0.25) is 0 Å². The minimum Gasteiger partial charge on any atom is -0.376 e. The van der Waals surface area contributed by atoms with Gasteiger partial charge in [0.25, 0.3) is 0 Å². The number of hydrogen-bond acceptors (Lipinski definition) is 6. The van der Waals surface area contributed by atoms with Gasteiger partial charge in [-0.25, -0.2) is 9.97 Å². The molecule has 5 heterocycles. The van der Waals surface area contributed by atoms with E-state index in [1.807, 2.05) is 31.2 Å². The number of anilines is 2. The number of fused-ring (bicyclic) bond motifs is 5. The van der Waals surface area contributed by atoms with Gasteiger partial charge in [0.1, 0.15) is 5.69 Å². The number of amidine groups is 1. The third kappa shape index (κ3) is 8.70. The Kier molecular flexibility index (Phi) is 11.9. The first kappa shape index (κ1) is 42.1. The standard InChI is InChI=1S/C60H54N6/c1-5-8-15-39(4)50-31-26-44-24-25-45-27-32-53(64-59(45)58(44)63-50)43-22-20-42(21-23-43)52-34-29-49-37-47(28-33-54(49)61-52)46-18-12-19-51-48(36-46)30-35-55(62-51)60-65-56(40(13-6-2)14-7-3)38-57(66-60)41-16-10-9-11-17-41/h5-8,10,13-25,27-30,32-38,50,53,57,63-64H,1-2,4,9,11-12,26,31H2,3H3,(H,65,66)/b14-7-,15-8-,40-13+. The monoisotopic (exact) mass is 858 g/mol. The molecule has 6 heteroatoms. The second-order valence-corrected chi connectivity index (χ2v) is 17.3. The van der Waals surface area contributed by atoms with Crippen LogP contribution in [0.4, 0.5) is 11.4 Å². The molecule has 2 aliphatic carbocycles. The minimum absolute atomic E-state index is 0.0509. The van der Waals surface area contributed by atoms with Crippen LogP contribution in [-0.2, 0) is 6.42 Å². The summed E-state index contributed by atoms with van der Waals surface area (Å²) in [7, 11) is 0. The summed E-state index contributed by atoms with van der Waals surface area (Å²) in [6.07, 6.45) is 38.8. The van der Waals surface area contributed by atoms with Gasteiger partial charge in [-0.15, -0.1) is 0 Å². The predicted octanol–water partition coefficient (Wildman–Crippen LogP) is 12.1. The second kappa shape index (κ2) is 18.7. The Hall–Kier alpha value is -7.83. The molecule has 0 spiro atoms. The van der Waals surface area contributed by atoms with E-state index in [-0.39, 0.29) is 18.1 Å². The van der Waals surface area contributed by atoms with Crippen LogP contribution in [-0.4, -0.2) is 27.9 Å². The van der Waals surface area contributed by atoms with Gasteiger partial charge in [-0.05, 0) is 120 Å². The van der Waals surface area contributed by atoms with Crippen LogP contribution in [0.25, 0.3) is 46.0 Å². The molecule has 2 aromatic heterocycles. The van der Waals surface area contributed by atoms with Crippen LogP contribution < -0.4 is 26.5 Å². The zero-order chi connectivity index (χ0) is 45.0. The highest BCUT2D eigenvalue weighted by Gasteiger charge is 2.26. The van der Waals surface area contributed by atoms with E-state index >= 15 is 0 Å². The van der Waals surface area contributed by atoms with E-state index in [9.17, 15) is 0 Å². The summed E-state index contributed by atoms with van der Waals surface area (Å²) in [4.78, 5) is 15.5. The molecule has 324 valence electrons. The summed E-state index contributed by atoms with van der Waals surface area (Å²) in [6.45, 7) is 14.1. The third-order valence-electron chi connectivity index (χ3n) is 12.9. The molecule has 10 rings (SSSR count). The molecule has 3 aliphatic heterocycles. The summed E-state index contributed by atoms with van der Waals surface area (Å²) in [5, 5.41) is 14.4. The van der Waals surface area contributed by atoms with E-state index in [2.05, 4.69) is 181 Å². The van der Waals surface area contributed by atoms with Crippen molar-refractivity contribution < 1.29 is 0 Å². The fourth-order valence-electron chi connectivity index (χ4n) is 9.41.